The molecule has 0 unspecified atom stereocenters. The number of rotatable bonds is 0. The number of carbonyl (C=O) groups is 1. The fourth-order valence-electron chi connectivity index (χ4n) is 1.93. The SMILES string of the molecule is O=C1CC[C@H]2CNC[C@H]12. The third kappa shape index (κ3) is 0.697. The van der Waals surface area contributed by atoms with Gasteiger partial charge >= 0.3 is 0 Å². The van der Waals surface area contributed by atoms with E-state index in [-0.39, 0.29) is 0 Å². The quantitative estimate of drug-likeness (QED) is 0.500. The molecule has 0 radical (unpaired) electrons. The van der Waals surface area contributed by atoms with Crippen molar-refractivity contribution in [2.45, 2.75) is 12.8 Å². The molecule has 1 heterocycles. The van der Waals surface area contributed by atoms with Gasteiger partial charge in [-0.05, 0) is 18.9 Å². The van der Waals surface area contributed by atoms with Crippen molar-refractivity contribution in [3.63, 3.8) is 0 Å². The standard InChI is InChI=1S/C7H11NO/c9-7-2-1-5-3-8-4-6(5)7/h5-6,8H,1-4H2/t5-,6-/m0/s1. The van der Waals surface area contributed by atoms with Crippen LogP contribution in [0.25, 0.3) is 0 Å². The van der Waals surface area contributed by atoms with Gasteiger partial charge in [-0.25, -0.2) is 0 Å². The molecular formula is C7H11NO. The van der Waals surface area contributed by atoms with Gasteiger partial charge in [-0.3, -0.25) is 4.79 Å². The number of hydrogen-bond acceptors (Lipinski definition) is 2. The molecule has 2 heteroatoms. The maximum Gasteiger partial charge on any atom is 0.137 e. The van der Waals surface area contributed by atoms with E-state index in [0.29, 0.717) is 17.6 Å². The van der Waals surface area contributed by atoms with Gasteiger partial charge < -0.3 is 5.32 Å². The summed E-state index contributed by atoms with van der Waals surface area (Å²) in [5, 5.41) is 3.23. The molecule has 1 aliphatic heterocycles. The van der Waals surface area contributed by atoms with E-state index in [1.807, 2.05) is 0 Å². The van der Waals surface area contributed by atoms with Crippen LogP contribution in [0.5, 0.6) is 0 Å². The molecule has 2 rings (SSSR count). The van der Waals surface area contributed by atoms with Crippen molar-refractivity contribution in [3.05, 3.63) is 0 Å². The van der Waals surface area contributed by atoms with E-state index in [4.69, 9.17) is 0 Å². The predicted octanol–water partition coefficient (Wildman–Crippen LogP) is 0.185. The maximum atomic E-state index is 11.0. The van der Waals surface area contributed by atoms with E-state index in [0.717, 1.165) is 25.9 Å². The Bertz CT molecular complexity index is 144. The molecule has 1 saturated carbocycles. The summed E-state index contributed by atoms with van der Waals surface area (Å²) in [6, 6.07) is 0. The first-order valence-corrected chi connectivity index (χ1v) is 3.61. The number of hydrogen-bond donors (Lipinski definition) is 1. The molecule has 1 saturated heterocycles. The van der Waals surface area contributed by atoms with Crippen molar-refractivity contribution in [1.82, 2.24) is 5.32 Å². The van der Waals surface area contributed by atoms with E-state index in [1.54, 1.807) is 0 Å². The molecule has 2 aliphatic rings. The Labute approximate surface area is 54.6 Å². The first-order valence-electron chi connectivity index (χ1n) is 3.61. The molecule has 2 nitrogen and oxygen atoms in total. The van der Waals surface area contributed by atoms with Gasteiger partial charge in [0.25, 0.3) is 0 Å². The van der Waals surface area contributed by atoms with Crippen LogP contribution >= 0.6 is 0 Å². The average Bonchev–Trinajstić information content (AvgIpc) is 2.35. The predicted molar refractivity (Wildman–Crippen MR) is 34.1 cm³/mol. The lowest BCUT2D eigenvalue weighted by molar-refractivity contribution is -0.120. The summed E-state index contributed by atoms with van der Waals surface area (Å²) >= 11 is 0. The van der Waals surface area contributed by atoms with Crippen LogP contribution in [0.4, 0.5) is 0 Å². The Hall–Kier alpha value is -0.370. The summed E-state index contributed by atoms with van der Waals surface area (Å²) in [5.41, 5.74) is 0. The molecule has 0 bridgehead atoms. The molecule has 0 amide bonds. The molecule has 1 N–H and O–H groups in total. The maximum absolute atomic E-state index is 11.0. The minimum absolute atomic E-state index is 0.394. The van der Waals surface area contributed by atoms with Gasteiger partial charge in [0.05, 0.1) is 0 Å². The highest BCUT2D eigenvalue weighted by molar-refractivity contribution is 5.84. The Balaban J connectivity index is 2.15. The van der Waals surface area contributed by atoms with Crippen LogP contribution in [0, 0.1) is 11.8 Å². The molecule has 50 valence electrons. The zero-order valence-electron chi connectivity index (χ0n) is 5.39. The average molecular weight is 125 g/mol. The Morgan fingerprint density at radius 2 is 2.33 bits per heavy atom. The van der Waals surface area contributed by atoms with Crippen LogP contribution in [0.3, 0.4) is 0 Å². The Morgan fingerprint density at radius 3 is 3.11 bits per heavy atom. The largest absolute Gasteiger partial charge is 0.316 e. The summed E-state index contributed by atoms with van der Waals surface area (Å²) < 4.78 is 0. The van der Waals surface area contributed by atoms with Gasteiger partial charge in [-0.1, -0.05) is 0 Å². The second kappa shape index (κ2) is 1.81. The second-order valence-corrected chi connectivity index (χ2v) is 3.03. The van der Waals surface area contributed by atoms with E-state index >= 15 is 0 Å². The molecule has 9 heavy (non-hydrogen) atoms. The number of fused-ring (bicyclic) bond motifs is 1. The second-order valence-electron chi connectivity index (χ2n) is 3.03. The molecule has 0 spiro atoms. The van der Waals surface area contributed by atoms with Crippen molar-refractivity contribution in [3.8, 4) is 0 Å². The third-order valence-corrected chi connectivity index (χ3v) is 2.51. The van der Waals surface area contributed by atoms with Crippen molar-refractivity contribution in [2.75, 3.05) is 13.1 Å². The molecule has 1 aliphatic carbocycles. The highest BCUT2D eigenvalue weighted by atomic mass is 16.1. The highest BCUT2D eigenvalue weighted by Crippen LogP contribution is 2.30. The number of Topliss-reactive ketones (excluding diaryl/α,β-unsaturated/α-hetero) is 1. The van der Waals surface area contributed by atoms with Crippen LogP contribution in [0.1, 0.15) is 12.8 Å². The molecular weight excluding hydrogens is 114 g/mol. The van der Waals surface area contributed by atoms with Crippen molar-refractivity contribution < 1.29 is 4.79 Å². The molecule has 0 aromatic carbocycles. The first-order chi connectivity index (χ1) is 4.38. The fraction of sp³-hybridized carbons (Fsp3) is 0.857. The smallest absolute Gasteiger partial charge is 0.137 e. The molecule has 0 aromatic heterocycles. The first kappa shape index (κ1) is 5.42. The highest BCUT2D eigenvalue weighted by Gasteiger charge is 2.37. The van der Waals surface area contributed by atoms with Gasteiger partial charge in [0.1, 0.15) is 5.78 Å². The monoisotopic (exact) mass is 125 g/mol. The zero-order valence-corrected chi connectivity index (χ0v) is 5.39. The summed E-state index contributed by atoms with van der Waals surface area (Å²) in [5.74, 6) is 1.58. The van der Waals surface area contributed by atoms with Gasteiger partial charge in [-0.15, -0.1) is 0 Å². The van der Waals surface area contributed by atoms with Crippen LogP contribution in [-0.2, 0) is 4.79 Å². The topological polar surface area (TPSA) is 29.1 Å². The van der Waals surface area contributed by atoms with Crippen LogP contribution in [-0.4, -0.2) is 18.9 Å². The van der Waals surface area contributed by atoms with Gasteiger partial charge in [0, 0.05) is 18.9 Å². The van der Waals surface area contributed by atoms with E-state index in [9.17, 15) is 4.79 Å². The minimum atomic E-state index is 0.394. The third-order valence-electron chi connectivity index (χ3n) is 2.51. The minimum Gasteiger partial charge on any atom is -0.316 e. The van der Waals surface area contributed by atoms with E-state index in [1.165, 1.54) is 0 Å². The van der Waals surface area contributed by atoms with Gasteiger partial charge in [0.15, 0.2) is 0 Å². The summed E-state index contributed by atoms with van der Waals surface area (Å²) in [7, 11) is 0. The lowest BCUT2D eigenvalue weighted by Crippen LogP contribution is -2.14. The van der Waals surface area contributed by atoms with E-state index < -0.39 is 0 Å². The lowest BCUT2D eigenvalue weighted by Gasteiger charge is -2.01. The van der Waals surface area contributed by atoms with Crippen LogP contribution < -0.4 is 5.32 Å². The molecule has 0 aromatic rings. The fourth-order valence-corrected chi connectivity index (χ4v) is 1.93. The lowest BCUT2D eigenvalue weighted by atomic mass is 10.0. The molecule has 2 atom stereocenters. The van der Waals surface area contributed by atoms with Crippen LogP contribution in [0.15, 0.2) is 0 Å². The normalized spacial score (nSPS) is 41.6. The van der Waals surface area contributed by atoms with Gasteiger partial charge in [0.2, 0.25) is 0 Å². The Morgan fingerprint density at radius 1 is 1.44 bits per heavy atom. The van der Waals surface area contributed by atoms with Crippen molar-refractivity contribution in [2.24, 2.45) is 11.8 Å². The Kier molecular flexibility index (Phi) is 1.09. The van der Waals surface area contributed by atoms with Crippen LogP contribution in [0.2, 0.25) is 0 Å². The number of nitrogens with one attached hydrogen (secondary N) is 1. The number of ketones is 1. The number of carbonyl (C=O) groups excluding carboxylic acids is 1. The zero-order chi connectivity index (χ0) is 6.27. The van der Waals surface area contributed by atoms with Gasteiger partial charge in [-0.2, -0.15) is 0 Å². The summed E-state index contributed by atoms with van der Waals surface area (Å²) in [6.45, 7) is 2.03. The van der Waals surface area contributed by atoms with Crippen molar-refractivity contribution >= 4 is 5.78 Å². The summed E-state index contributed by atoms with van der Waals surface area (Å²) in [6.07, 6.45) is 1.98. The van der Waals surface area contributed by atoms with E-state index in [2.05, 4.69) is 5.32 Å². The molecule has 2 fully saturated rings. The van der Waals surface area contributed by atoms with Crippen molar-refractivity contribution in [1.29, 1.82) is 0 Å². The summed E-state index contributed by atoms with van der Waals surface area (Å²) in [4.78, 5) is 11.0.